The molecule has 0 aromatic heterocycles. The third-order valence-electron chi connectivity index (χ3n) is 4.26. The van der Waals surface area contributed by atoms with Gasteiger partial charge in [-0.05, 0) is 33.1 Å². The Hall–Kier alpha value is -1.69. The molecule has 1 fully saturated rings. The number of fused-ring (bicyclic) bond motifs is 1. The van der Waals surface area contributed by atoms with E-state index in [1.54, 1.807) is 0 Å². The lowest BCUT2D eigenvalue weighted by molar-refractivity contribution is -0.140. The van der Waals surface area contributed by atoms with Crippen molar-refractivity contribution in [3.8, 4) is 0 Å². The lowest BCUT2D eigenvalue weighted by Gasteiger charge is -2.14. The lowest BCUT2D eigenvalue weighted by atomic mass is 9.85. The number of imide groups is 1. The van der Waals surface area contributed by atoms with Gasteiger partial charge in [0.2, 0.25) is 17.7 Å². The van der Waals surface area contributed by atoms with Gasteiger partial charge in [0, 0.05) is 26.1 Å². The van der Waals surface area contributed by atoms with Crippen molar-refractivity contribution < 1.29 is 19.1 Å². The molecular weight excluding hydrogens is 296 g/mol. The monoisotopic (exact) mass is 322 g/mol. The SMILES string of the molecule is CC(C)OCCCNC(=O)CCN1C(=O)[C@H]2CC=CC[C@H]2C1=O. The molecule has 1 aliphatic heterocycles. The molecule has 3 amide bonds. The highest BCUT2D eigenvalue weighted by molar-refractivity contribution is 6.05. The van der Waals surface area contributed by atoms with Crippen LogP contribution in [0.25, 0.3) is 0 Å². The molecule has 0 radical (unpaired) electrons. The number of hydrogen-bond acceptors (Lipinski definition) is 4. The van der Waals surface area contributed by atoms with E-state index in [2.05, 4.69) is 5.32 Å². The Labute approximate surface area is 137 Å². The van der Waals surface area contributed by atoms with Crippen molar-refractivity contribution in [1.29, 1.82) is 0 Å². The molecule has 6 heteroatoms. The molecule has 23 heavy (non-hydrogen) atoms. The van der Waals surface area contributed by atoms with Gasteiger partial charge in [0.05, 0.1) is 17.9 Å². The third kappa shape index (κ3) is 4.64. The second-order valence-corrected chi connectivity index (χ2v) is 6.36. The zero-order chi connectivity index (χ0) is 16.8. The van der Waals surface area contributed by atoms with Crippen LogP contribution in [-0.4, -0.2) is 48.4 Å². The fourth-order valence-corrected chi connectivity index (χ4v) is 3.01. The topological polar surface area (TPSA) is 75.7 Å². The summed E-state index contributed by atoms with van der Waals surface area (Å²) in [6.45, 7) is 5.27. The summed E-state index contributed by atoms with van der Waals surface area (Å²) < 4.78 is 5.39. The molecule has 0 spiro atoms. The van der Waals surface area contributed by atoms with Crippen LogP contribution < -0.4 is 5.32 Å². The molecule has 1 saturated heterocycles. The van der Waals surface area contributed by atoms with Gasteiger partial charge >= 0.3 is 0 Å². The smallest absolute Gasteiger partial charge is 0.233 e. The number of rotatable bonds is 8. The quantitative estimate of drug-likeness (QED) is 0.415. The van der Waals surface area contributed by atoms with Crippen molar-refractivity contribution >= 4 is 17.7 Å². The molecular formula is C17H26N2O4. The maximum atomic E-state index is 12.2. The number of amides is 3. The summed E-state index contributed by atoms with van der Waals surface area (Å²) in [6, 6.07) is 0. The van der Waals surface area contributed by atoms with Crippen molar-refractivity contribution in [2.45, 2.75) is 45.6 Å². The molecule has 0 aromatic rings. The standard InChI is InChI=1S/C17H26N2O4/c1-12(2)23-11-5-9-18-15(20)8-10-19-16(21)13-6-3-4-7-14(13)17(19)22/h3-4,12-14H,5-11H2,1-2H3,(H,18,20)/t13-,14+. The molecule has 0 saturated carbocycles. The molecule has 0 bridgehead atoms. The number of allylic oxidation sites excluding steroid dienone is 2. The fraction of sp³-hybridized carbons (Fsp3) is 0.706. The highest BCUT2D eigenvalue weighted by atomic mass is 16.5. The fourth-order valence-electron chi connectivity index (χ4n) is 3.01. The zero-order valence-corrected chi connectivity index (χ0v) is 13.9. The van der Waals surface area contributed by atoms with Crippen molar-refractivity contribution in [1.82, 2.24) is 10.2 Å². The first-order chi connectivity index (χ1) is 11.0. The van der Waals surface area contributed by atoms with Crippen molar-refractivity contribution in [3.63, 3.8) is 0 Å². The number of carbonyl (C=O) groups excluding carboxylic acids is 3. The van der Waals surface area contributed by atoms with E-state index in [0.717, 1.165) is 6.42 Å². The number of hydrogen-bond donors (Lipinski definition) is 1. The predicted molar refractivity (Wildman–Crippen MR) is 85.4 cm³/mol. The molecule has 1 aliphatic carbocycles. The van der Waals surface area contributed by atoms with Crippen molar-refractivity contribution in [2.24, 2.45) is 11.8 Å². The summed E-state index contributed by atoms with van der Waals surface area (Å²) in [4.78, 5) is 37.6. The number of nitrogens with zero attached hydrogens (tertiary/aromatic N) is 1. The minimum Gasteiger partial charge on any atom is -0.379 e. The highest BCUT2D eigenvalue weighted by Crippen LogP contribution is 2.34. The summed E-state index contributed by atoms with van der Waals surface area (Å²) >= 11 is 0. The summed E-state index contributed by atoms with van der Waals surface area (Å²) in [5.41, 5.74) is 0. The Morgan fingerprint density at radius 2 is 1.87 bits per heavy atom. The second-order valence-electron chi connectivity index (χ2n) is 6.36. The lowest BCUT2D eigenvalue weighted by Crippen LogP contribution is -2.35. The summed E-state index contributed by atoms with van der Waals surface area (Å²) in [5.74, 6) is -0.819. The van der Waals surface area contributed by atoms with Gasteiger partial charge in [0.1, 0.15) is 0 Å². The summed E-state index contributed by atoms with van der Waals surface area (Å²) in [5, 5.41) is 2.79. The van der Waals surface area contributed by atoms with Crippen LogP contribution in [0.2, 0.25) is 0 Å². The molecule has 2 atom stereocenters. The minimum absolute atomic E-state index is 0.123. The maximum absolute atomic E-state index is 12.2. The number of ether oxygens (including phenoxy) is 1. The van der Waals surface area contributed by atoms with E-state index in [9.17, 15) is 14.4 Å². The third-order valence-corrected chi connectivity index (χ3v) is 4.26. The highest BCUT2D eigenvalue weighted by Gasteiger charge is 2.46. The van der Waals surface area contributed by atoms with E-state index in [0.29, 0.717) is 26.0 Å². The van der Waals surface area contributed by atoms with Crippen LogP contribution in [0.5, 0.6) is 0 Å². The summed E-state index contributed by atoms with van der Waals surface area (Å²) in [7, 11) is 0. The van der Waals surface area contributed by atoms with Gasteiger partial charge in [-0.3, -0.25) is 19.3 Å². The molecule has 2 rings (SSSR count). The van der Waals surface area contributed by atoms with Crippen LogP contribution in [-0.2, 0) is 19.1 Å². The predicted octanol–water partition coefficient (Wildman–Crippen LogP) is 1.26. The van der Waals surface area contributed by atoms with Gasteiger partial charge in [-0.2, -0.15) is 0 Å². The minimum atomic E-state index is -0.219. The first kappa shape index (κ1) is 17.7. The van der Waals surface area contributed by atoms with Gasteiger partial charge in [-0.15, -0.1) is 0 Å². The largest absolute Gasteiger partial charge is 0.379 e. The van der Waals surface area contributed by atoms with E-state index in [-0.39, 0.29) is 48.6 Å². The van der Waals surface area contributed by atoms with E-state index in [4.69, 9.17) is 4.74 Å². The van der Waals surface area contributed by atoms with E-state index in [1.165, 1.54) is 4.90 Å². The average Bonchev–Trinajstić information content (AvgIpc) is 2.77. The van der Waals surface area contributed by atoms with E-state index in [1.807, 2.05) is 26.0 Å². The first-order valence-corrected chi connectivity index (χ1v) is 8.39. The molecule has 1 N–H and O–H groups in total. The van der Waals surface area contributed by atoms with Gasteiger partial charge in [0.15, 0.2) is 0 Å². The van der Waals surface area contributed by atoms with Crippen LogP contribution in [0.15, 0.2) is 12.2 Å². The zero-order valence-electron chi connectivity index (χ0n) is 13.9. The van der Waals surface area contributed by atoms with Crippen LogP contribution >= 0.6 is 0 Å². The molecule has 2 aliphatic rings. The number of carbonyl (C=O) groups is 3. The molecule has 0 aromatic carbocycles. The van der Waals surface area contributed by atoms with Gasteiger partial charge in [0.25, 0.3) is 0 Å². The molecule has 0 unspecified atom stereocenters. The van der Waals surface area contributed by atoms with Gasteiger partial charge < -0.3 is 10.1 Å². The molecule has 128 valence electrons. The van der Waals surface area contributed by atoms with Crippen LogP contribution in [0.1, 0.15) is 39.5 Å². The maximum Gasteiger partial charge on any atom is 0.233 e. The molecule has 1 heterocycles. The van der Waals surface area contributed by atoms with Crippen molar-refractivity contribution in [2.75, 3.05) is 19.7 Å². The Kier molecular flexibility index (Phi) is 6.33. The summed E-state index contributed by atoms with van der Waals surface area (Å²) in [6.07, 6.45) is 6.29. The van der Waals surface area contributed by atoms with Crippen LogP contribution in [0.3, 0.4) is 0 Å². The normalized spacial score (nSPS) is 23.5. The van der Waals surface area contributed by atoms with Crippen LogP contribution in [0, 0.1) is 11.8 Å². The Morgan fingerprint density at radius 3 is 2.43 bits per heavy atom. The first-order valence-electron chi connectivity index (χ1n) is 8.39. The Morgan fingerprint density at radius 1 is 1.26 bits per heavy atom. The average molecular weight is 322 g/mol. The Balaban J connectivity index is 1.68. The second kappa shape index (κ2) is 8.24. The van der Waals surface area contributed by atoms with Gasteiger partial charge in [-0.25, -0.2) is 0 Å². The van der Waals surface area contributed by atoms with E-state index < -0.39 is 0 Å². The van der Waals surface area contributed by atoms with Crippen molar-refractivity contribution in [3.05, 3.63) is 12.2 Å². The Bertz CT molecular complexity index is 461. The number of nitrogens with one attached hydrogen (secondary N) is 1. The molecule has 6 nitrogen and oxygen atoms in total. The van der Waals surface area contributed by atoms with Gasteiger partial charge in [-0.1, -0.05) is 12.2 Å². The number of likely N-dealkylation sites (tertiary alicyclic amines) is 1. The van der Waals surface area contributed by atoms with Crippen LogP contribution in [0.4, 0.5) is 0 Å². The van der Waals surface area contributed by atoms with E-state index >= 15 is 0 Å².